The molecule has 4 heteroatoms. The Morgan fingerprint density at radius 2 is 2.35 bits per heavy atom. The van der Waals surface area contributed by atoms with Crippen LogP contribution in [0.15, 0.2) is 24.3 Å². The van der Waals surface area contributed by atoms with E-state index in [2.05, 4.69) is 17.3 Å². The van der Waals surface area contributed by atoms with Crippen molar-refractivity contribution in [3.05, 3.63) is 29.3 Å². The zero-order valence-electron chi connectivity index (χ0n) is 10.2. The molecule has 0 saturated carbocycles. The maximum absolute atomic E-state index is 6.00. The van der Waals surface area contributed by atoms with Crippen LogP contribution in [0.2, 0.25) is 5.02 Å². The molecule has 3 N–H and O–H groups in total. The van der Waals surface area contributed by atoms with Crippen LogP contribution in [0.3, 0.4) is 0 Å². The fourth-order valence-corrected chi connectivity index (χ4v) is 2.74. The van der Waals surface area contributed by atoms with Crippen LogP contribution in [-0.4, -0.2) is 37.1 Å². The van der Waals surface area contributed by atoms with Crippen LogP contribution in [0.25, 0.3) is 0 Å². The van der Waals surface area contributed by atoms with E-state index in [-0.39, 0.29) is 5.54 Å². The highest BCUT2D eigenvalue weighted by atomic mass is 35.5. The van der Waals surface area contributed by atoms with Crippen molar-refractivity contribution in [1.29, 1.82) is 0 Å². The number of nitrogens with zero attached hydrogens (tertiary/aromatic N) is 1. The second-order valence-corrected chi connectivity index (χ2v) is 5.40. The second-order valence-electron chi connectivity index (χ2n) is 4.96. The molecule has 1 unspecified atom stereocenters. The van der Waals surface area contributed by atoms with Crippen LogP contribution in [-0.2, 0) is 0 Å². The van der Waals surface area contributed by atoms with Crippen LogP contribution in [0, 0.1) is 0 Å². The van der Waals surface area contributed by atoms with Crippen molar-refractivity contribution in [2.45, 2.75) is 18.4 Å². The van der Waals surface area contributed by atoms with Gasteiger partial charge in [0.1, 0.15) is 0 Å². The monoisotopic (exact) mass is 253 g/mol. The first kappa shape index (κ1) is 12.7. The average molecular weight is 254 g/mol. The Labute approximate surface area is 108 Å². The molecule has 1 saturated heterocycles. The highest BCUT2D eigenvalue weighted by Gasteiger charge is 2.32. The quantitative estimate of drug-likeness (QED) is 0.868. The molecule has 94 valence electrons. The summed E-state index contributed by atoms with van der Waals surface area (Å²) in [6, 6.07) is 7.84. The predicted octanol–water partition coefficient (Wildman–Crippen LogP) is 2.17. The summed E-state index contributed by atoms with van der Waals surface area (Å²) in [6.07, 6.45) is 2.29. The standard InChI is InChI=1S/C13H20ClN3/c1-17-7-3-6-13(9-15,10-17)16-12-5-2-4-11(14)8-12/h2,4-5,8,16H,3,6-7,9-10,15H2,1H3. The smallest absolute Gasteiger partial charge is 0.0622 e. The number of halogens is 1. The first-order chi connectivity index (χ1) is 8.13. The third kappa shape index (κ3) is 3.12. The SMILES string of the molecule is CN1CCCC(CN)(Nc2cccc(Cl)c2)C1. The van der Waals surface area contributed by atoms with Gasteiger partial charge in [-0.25, -0.2) is 0 Å². The van der Waals surface area contributed by atoms with Crippen LogP contribution < -0.4 is 11.1 Å². The van der Waals surface area contributed by atoms with Gasteiger partial charge in [0, 0.05) is 23.8 Å². The molecule has 1 fully saturated rings. The molecule has 0 bridgehead atoms. The molecule has 0 amide bonds. The highest BCUT2D eigenvalue weighted by Crippen LogP contribution is 2.25. The van der Waals surface area contributed by atoms with Crippen LogP contribution in [0.1, 0.15) is 12.8 Å². The maximum atomic E-state index is 6.00. The minimum absolute atomic E-state index is 0.0162. The summed E-state index contributed by atoms with van der Waals surface area (Å²) in [5.74, 6) is 0. The number of piperidine rings is 1. The van der Waals surface area contributed by atoms with E-state index in [4.69, 9.17) is 17.3 Å². The van der Waals surface area contributed by atoms with Crippen molar-refractivity contribution in [1.82, 2.24) is 4.90 Å². The lowest BCUT2D eigenvalue weighted by Gasteiger charge is -2.42. The molecule has 1 aromatic rings. The lowest BCUT2D eigenvalue weighted by molar-refractivity contribution is 0.198. The van der Waals surface area contributed by atoms with Crippen molar-refractivity contribution in [2.24, 2.45) is 5.73 Å². The normalized spacial score (nSPS) is 25.8. The van der Waals surface area contributed by atoms with Crippen molar-refractivity contribution in [2.75, 3.05) is 32.0 Å². The van der Waals surface area contributed by atoms with E-state index in [1.807, 2.05) is 24.3 Å². The van der Waals surface area contributed by atoms with E-state index in [9.17, 15) is 0 Å². The summed E-state index contributed by atoms with van der Waals surface area (Å²) in [5, 5.41) is 4.32. The van der Waals surface area contributed by atoms with Crippen molar-refractivity contribution in [3.63, 3.8) is 0 Å². The van der Waals surface area contributed by atoms with Gasteiger partial charge in [0.2, 0.25) is 0 Å². The number of nitrogens with one attached hydrogen (secondary N) is 1. The number of rotatable bonds is 3. The number of benzene rings is 1. The van der Waals surface area contributed by atoms with Gasteiger partial charge in [0.25, 0.3) is 0 Å². The number of nitrogens with two attached hydrogens (primary N) is 1. The molecule has 2 rings (SSSR count). The Kier molecular flexibility index (Phi) is 3.92. The van der Waals surface area contributed by atoms with E-state index in [0.29, 0.717) is 6.54 Å². The molecule has 0 aliphatic carbocycles. The zero-order valence-corrected chi connectivity index (χ0v) is 11.0. The van der Waals surface area contributed by atoms with Crippen LogP contribution >= 0.6 is 11.6 Å². The molecule has 0 radical (unpaired) electrons. The van der Waals surface area contributed by atoms with E-state index >= 15 is 0 Å². The van der Waals surface area contributed by atoms with Gasteiger partial charge in [0.05, 0.1) is 5.54 Å². The summed E-state index contributed by atoms with van der Waals surface area (Å²) in [4.78, 5) is 2.33. The molecule has 17 heavy (non-hydrogen) atoms. The summed E-state index contributed by atoms with van der Waals surface area (Å²) in [5.41, 5.74) is 7.00. The first-order valence-electron chi connectivity index (χ1n) is 6.06. The van der Waals surface area contributed by atoms with Crippen LogP contribution in [0.5, 0.6) is 0 Å². The van der Waals surface area contributed by atoms with Gasteiger partial charge < -0.3 is 16.0 Å². The van der Waals surface area contributed by atoms with Gasteiger partial charge in [-0.2, -0.15) is 0 Å². The van der Waals surface area contributed by atoms with Gasteiger partial charge in [-0.15, -0.1) is 0 Å². The zero-order chi connectivity index (χ0) is 12.3. The van der Waals surface area contributed by atoms with Gasteiger partial charge in [-0.3, -0.25) is 0 Å². The number of likely N-dealkylation sites (N-methyl/N-ethyl adjacent to an activating group) is 1. The fraction of sp³-hybridized carbons (Fsp3) is 0.538. The number of hydrogen-bond donors (Lipinski definition) is 2. The highest BCUT2D eigenvalue weighted by molar-refractivity contribution is 6.30. The molecule has 1 aromatic carbocycles. The van der Waals surface area contributed by atoms with Gasteiger partial charge in [-0.05, 0) is 44.6 Å². The summed E-state index contributed by atoms with van der Waals surface area (Å²) >= 11 is 6.00. The van der Waals surface area contributed by atoms with Crippen molar-refractivity contribution < 1.29 is 0 Å². The Morgan fingerprint density at radius 3 is 3.00 bits per heavy atom. The Balaban J connectivity index is 2.13. The lowest BCUT2D eigenvalue weighted by atomic mass is 9.89. The third-order valence-corrected chi connectivity index (χ3v) is 3.63. The van der Waals surface area contributed by atoms with E-state index < -0.39 is 0 Å². The number of likely N-dealkylation sites (tertiary alicyclic amines) is 1. The molecule has 1 aliphatic heterocycles. The Bertz CT molecular complexity index is 383. The minimum atomic E-state index is -0.0162. The average Bonchev–Trinajstić information content (AvgIpc) is 2.29. The third-order valence-electron chi connectivity index (χ3n) is 3.39. The van der Waals surface area contributed by atoms with Crippen molar-refractivity contribution in [3.8, 4) is 0 Å². The molecule has 0 spiro atoms. The second kappa shape index (κ2) is 5.25. The molecule has 3 nitrogen and oxygen atoms in total. The van der Waals surface area contributed by atoms with E-state index in [0.717, 1.165) is 30.2 Å². The van der Waals surface area contributed by atoms with E-state index in [1.54, 1.807) is 0 Å². The van der Waals surface area contributed by atoms with Crippen LogP contribution in [0.4, 0.5) is 5.69 Å². The van der Waals surface area contributed by atoms with Crippen molar-refractivity contribution >= 4 is 17.3 Å². The van der Waals surface area contributed by atoms with Gasteiger partial charge in [-0.1, -0.05) is 17.7 Å². The summed E-state index contributed by atoms with van der Waals surface area (Å²) < 4.78 is 0. The maximum Gasteiger partial charge on any atom is 0.0622 e. The largest absolute Gasteiger partial charge is 0.377 e. The molecular weight excluding hydrogens is 234 g/mol. The molecular formula is C13H20ClN3. The Hall–Kier alpha value is -0.770. The minimum Gasteiger partial charge on any atom is -0.377 e. The van der Waals surface area contributed by atoms with Gasteiger partial charge in [0.15, 0.2) is 0 Å². The molecule has 1 aliphatic rings. The lowest BCUT2D eigenvalue weighted by Crippen LogP contribution is -2.56. The fourth-order valence-electron chi connectivity index (χ4n) is 2.55. The van der Waals surface area contributed by atoms with E-state index in [1.165, 1.54) is 6.42 Å². The molecule has 1 heterocycles. The topological polar surface area (TPSA) is 41.3 Å². The van der Waals surface area contributed by atoms with Gasteiger partial charge >= 0.3 is 0 Å². The first-order valence-corrected chi connectivity index (χ1v) is 6.44. The summed E-state index contributed by atoms with van der Waals surface area (Å²) in [6.45, 7) is 2.78. The number of hydrogen-bond acceptors (Lipinski definition) is 3. The predicted molar refractivity (Wildman–Crippen MR) is 73.6 cm³/mol. The number of anilines is 1. The Morgan fingerprint density at radius 1 is 1.53 bits per heavy atom. The molecule has 1 atom stereocenters. The molecule has 0 aromatic heterocycles. The summed E-state index contributed by atoms with van der Waals surface area (Å²) in [7, 11) is 2.14.